The van der Waals surface area contributed by atoms with E-state index in [1.54, 1.807) is 12.1 Å². The van der Waals surface area contributed by atoms with Gasteiger partial charge in [-0.25, -0.2) is 0 Å². The highest BCUT2D eigenvalue weighted by Crippen LogP contribution is 2.37. The van der Waals surface area contributed by atoms with E-state index in [0.717, 1.165) is 10.2 Å². The van der Waals surface area contributed by atoms with Gasteiger partial charge in [-0.05, 0) is 25.2 Å². The smallest absolute Gasteiger partial charge is 0.290 e. The van der Waals surface area contributed by atoms with Crippen LogP contribution in [0.5, 0.6) is 0 Å². The molecule has 3 aromatic rings. The Hall–Kier alpha value is -2.59. The number of para-hydroxylation sites is 1. The molecule has 1 N–H and O–H groups in total. The van der Waals surface area contributed by atoms with Crippen LogP contribution in [-0.4, -0.2) is 41.2 Å². The number of nitrogens with zero attached hydrogens (tertiary/aromatic N) is 4. The molecule has 134 valence electrons. The lowest BCUT2D eigenvalue weighted by Gasteiger charge is -2.40. The van der Waals surface area contributed by atoms with Gasteiger partial charge in [0.25, 0.3) is 10.8 Å². The van der Waals surface area contributed by atoms with Crippen LogP contribution < -0.4 is 9.96 Å². The first-order valence-electron chi connectivity index (χ1n) is 8.10. The Bertz CT molecular complexity index is 945. The molecule has 1 saturated heterocycles. The number of anilines is 1. The third kappa shape index (κ3) is 2.90. The van der Waals surface area contributed by atoms with E-state index in [1.807, 2.05) is 36.2 Å². The Kier molecular flexibility index (Phi) is 4.08. The average Bonchev–Trinajstić information content (AvgIpc) is 3.17. The Morgan fingerprint density at radius 3 is 2.88 bits per heavy atom. The molecule has 1 aliphatic heterocycles. The fraction of sp³-hybridized carbons (Fsp3) is 0.235. The zero-order chi connectivity index (χ0) is 18.3. The van der Waals surface area contributed by atoms with Crippen LogP contribution in [0.4, 0.5) is 16.5 Å². The Morgan fingerprint density at radius 2 is 2.12 bits per heavy atom. The monoisotopic (exact) mass is 371 g/mol. The van der Waals surface area contributed by atoms with Gasteiger partial charge in [0.1, 0.15) is 6.67 Å². The summed E-state index contributed by atoms with van der Waals surface area (Å²) in [7, 11) is 1.88. The third-order valence-electron chi connectivity index (χ3n) is 4.44. The first kappa shape index (κ1) is 16.9. The molecule has 0 radical (unpaired) electrons. The molecule has 2 heterocycles. The van der Waals surface area contributed by atoms with Gasteiger partial charge in [0.15, 0.2) is 6.17 Å². The van der Waals surface area contributed by atoms with E-state index in [0.29, 0.717) is 17.4 Å². The molecular weight excluding hydrogens is 354 g/mol. The van der Waals surface area contributed by atoms with Crippen LogP contribution in [0.15, 0.2) is 48.5 Å². The minimum absolute atomic E-state index is 0.00895. The second-order valence-corrected chi connectivity index (χ2v) is 7.42. The third-order valence-corrected chi connectivity index (χ3v) is 5.58. The number of hydroxylamine groups is 2. The number of nitro groups is 1. The molecular formula is C17H17N5O3S. The van der Waals surface area contributed by atoms with Crippen LogP contribution in [0.3, 0.4) is 0 Å². The predicted octanol–water partition coefficient (Wildman–Crippen LogP) is 3.35. The fourth-order valence-corrected chi connectivity index (χ4v) is 4.25. The SMILES string of the molecule is CN1CC(Nc2cccc([N+](=O)[O-])c2)[N+]([O-])(c2nc3ccccc3s2)C1. The van der Waals surface area contributed by atoms with E-state index in [4.69, 9.17) is 0 Å². The van der Waals surface area contributed by atoms with Crippen molar-refractivity contribution in [3.8, 4) is 0 Å². The molecule has 0 bridgehead atoms. The van der Waals surface area contributed by atoms with Gasteiger partial charge in [-0.15, -0.1) is 0 Å². The largest absolute Gasteiger partial charge is 0.623 e. The van der Waals surface area contributed by atoms with E-state index in [2.05, 4.69) is 10.3 Å². The second kappa shape index (κ2) is 6.29. The van der Waals surface area contributed by atoms with Crippen molar-refractivity contribution < 1.29 is 4.92 Å². The minimum Gasteiger partial charge on any atom is -0.623 e. The molecule has 26 heavy (non-hydrogen) atoms. The van der Waals surface area contributed by atoms with Crippen molar-refractivity contribution >= 4 is 38.1 Å². The lowest BCUT2D eigenvalue weighted by molar-refractivity contribution is -0.384. The van der Waals surface area contributed by atoms with Gasteiger partial charge >= 0.3 is 0 Å². The summed E-state index contributed by atoms with van der Waals surface area (Å²) in [5.74, 6) is 0. The highest BCUT2D eigenvalue weighted by molar-refractivity contribution is 7.22. The summed E-state index contributed by atoms with van der Waals surface area (Å²) >= 11 is 1.39. The van der Waals surface area contributed by atoms with Gasteiger partial charge in [-0.1, -0.05) is 29.5 Å². The van der Waals surface area contributed by atoms with E-state index >= 15 is 0 Å². The lowest BCUT2D eigenvalue weighted by Crippen LogP contribution is -2.52. The minimum atomic E-state index is -0.626. The zero-order valence-electron chi connectivity index (χ0n) is 14.0. The zero-order valence-corrected chi connectivity index (χ0v) is 14.8. The quantitative estimate of drug-likeness (QED) is 0.327. The molecule has 1 fully saturated rings. The molecule has 0 aliphatic carbocycles. The van der Waals surface area contributed by atoms with Crippen LogP contribution in [0.25, 0.3) is 10.2 Å². The summed E-state index contributed by atoms with van der Waals surface area (Å²) in [6.07, 6.45) is -0.498. The number of non-ortho nitro benzene ring substituents is 1. The Balaban J connectivity index is 1.68. The molecule has 2 unspecified atom stereocenters. The Labute approximate surface area is 153 Å². The number of hydrogen-bond donors (Lipinski definition) is 1. The van der Waals surface area contributed by atoms with Gasteiger partial charge in [-0.3, -0.25) is 19.7 Å². The number of benzene rings is 2. The summed E-state index contributed by atoms with van der Waals surface area (Å²) < 4.78 is 0.345. The van der Waals surface area contributed by atoms with Crippen molar-refractivity contribution in [2.45, 2.75) is 6.17 Å². The van der Waals surface area contributed by atoms with E-state index in [1.165, 1.54) is 23.5 Å². The first-order valence-corrected chi connectivity index (χ1v) is 8.92. The number of aromatic nitrogens is 1. The highest BCUT2D eigenvalue weighted by Gasteiger charge is 2.42. The molecule has 2 atom stereocenters. The van der Waals surface area contributed by atoms with E-state index < -0.39 is 15.7 Å². The summed E-state index contributed by atoms with van der Waals surface area (Å²) in [5, 5.41) is 28.3. The van der Waals surface area contributed by atoms with Gasteiger partial charge in [-0.2, -0.15) is 4.98 Å². The van der Waals surface area contributed by atoms with Crippen molar-refractivity contribution in [1.82, 2.24) is 14.5 Å². The van der Waals surface area contributed by atoms with Crippen molar-refractivity contribution in [2.75, 3.05) is 25.6 Å². The normalized spacial score (nSPS) is 23.4. The summed E-state index contributed by atoms with van der Waals surface area (Å²) in [4.78, 5) is 17.0. The van der Waals surface area contributed by atoms with E-state index in [9.17, 15) is 15.3 Å². The standard InChI is InChI=1S/C17H17N5O3S/c1-20-10-16(18-12-5-4-6-13(9-12)21(23)24)22(25,11-20)17-19-14-7-2-3-8-15(14)26-17/h2-9,16,18H,10-11H2,1H3. The van der Waals surface area contributed by atoms with Crippen molar-refractivity contribution in [3.05, 3.63) is 63.9 Å². The topological polar surface area (TPSA) is 94.4 Å². The van der Waals surface area contributed by atoms with Crippen LogP contribution >= 0.6 is 11.3 Å². The molecule has 2 aromatic carbocycles. The summed E-state index contributed by atoms with van der Waals surface area (Å²) in [5.41, 5.74) is 1.36. The number of likely N-dealkylation sites (N-methyl/N-ethyl adjacent to an activating group) is 1. The lowest BCUT2D eigenvalue weighted by atomic mass is 10.2. The van der Waals surface area contributed by atoms with E-state index in [-0.39, 0.29) is 12.4 Å². The molecule has 4 rings (SSSR count). The number of thiazole rings is 1. The van der Waals surface area contributed by atoms with Crippen LogP contribution in [-0.2, 0) is 0 Å². The number of rotatable bonds is 4. The van der Waals surface area contributed by atoms with Gasteiger partial charge in [0.05, 0.1) is 21.7 Å². The van der Waals surface area contributed by atoms with Gasteiger partial charge in [0.2, 0.25) is 0 Å². The summed E-state index contributed by atoms with van der Waals surface area (Å²) in [6, 6.07) is 13.9. The van der Waals surface area contributed by atoms with Gasteiger partial charge in [0, 0.05) is 17.8 Å². The molecule has 1 aliphatic rings. The average molecular weight is 371 g/mol. The fourth-order valence-electron chi connectivity index (χ4n) is 3.21. The molecule has 1 aromatic heterocycles. The van der Waals surface area contributed by atoms with Crippen LogP contribution in [0.2, 0.25) is 0 Å². The van der Waals surface area contributed by atoms with Crippen LogP contribution in [0.1, 0.15) is 0 Å². The summed E-state index contributed by atoms with van der Waals surface area (Å²) in [6.45, 7) is 0.786. The van der Waals surface area contributed by atoms with Crippen molar-refractivity contribution in [1.29, 1.82) is 0 Å². The number of hydrogen-bond acceptors (Lipinski definition) is 7. The Morgan fingerprint density at radius 1 is 1.31 bits per heavy atom. The molecule has 8 nitrogen and oxygen atoms in total. The molecule has 9 heteroatoms. The molecule has 0 spiro atoms. The highest BCUT2D eigenvalue weighted by atomic mass is 32.1. The van der Waals surface area contributed by atoms with Crippen LogP contribution in [0, 0.1) is 15.3 Å². The molecule has 0 amide bonds. The maximum Gasteiger partial charge on any atom is 0.290 e. The second-order valence-electron chi connectivity index (χ2n) is 6.41. The number of nitro benzene ring substituents is 1. The maximum absolute atomic E-state index is 13.7. The predicted molar refractivity (Wildman–Crippen MR) is 103 cm³/mol. The van der Waals surface area contributed by atoms with Gasteiger partial charge < -0.3 is 10.5 Å². The van der Waals surface area contributed by atoms with Crippen molar-refractivity contribution in [2.24, 2.45) is 0 Å². The molecule has 0 saturated carbocycles. The number of quaternary nitrogens is 1. The first-order chi connectivity index (χ1) is 12.5. The number of fused-ring (bicyclic) bond motifs is 1. The number of nitrogens with one attached hydrogen (secondary N) is 1. The maximum atomic E-state index is 13.7. The van der Waals surface area contributed by atoms with Crippen molar-refractivity contribution in [3.63, 3.8) is 0 Å².